The van der Waals surface area contributed by atoms with Gasteiger partial charge in [-0.2, -0.15) is 0 Å². The first-order chi connectivity index (χ1) is 9.70. The predicted octanol–water partition coefficient (Wildman–Crippen LogP) is 5.05. The molecule has 2 N–H and O–H groups in total. The summed E-state index contributed by atoms with van der Waals surface area (Å²) < 4.78 is 0. The van der Waals surface area contributed by atoms with Crippen LogP contribution in [-0.2, 0) is 5.75 Å². The van der Waals surface area contributed by atoms with Gasteiger partial charge in [0.2, 0.25) is 0 Å². The van der Waals surface area contributed by atoms with Gasteiger partial charge in [-0.1, -0.05) is 61.0 Å². The third-order valence-corrected chi connectivity index (χ3v) is 5.06. The second-order valence-corrected chi connectivity index (χ2v) is 6.41. The van der Waals surface area contributed by atoms with Crippen molar-refractivity contribution in [2.24, 2.45) is 5.73 Å². The van der Waals surface area contributed by atoms with Gasteiger partial charge in [0.05, 0.1) is 0 Å². The maximum absolute atomic E-state index is 6.30. The van der Waals surface area contributed by atoms with Crippen molar-refractivity contribution in [1.29, 1.82) is 0 Å². The molecule has 0 radical (unpaired) electrons. The average molecular weight is 306 g/mol. The largest absolute Gasteiger partial charge is 0.326 e. The molecule has 106 valence electrons. The Labute approximate surface area is 130 Å². The van der Waals surface area contributed by atoms with Gasteiger partial charge < -0.3 is 5.73 Å². The van der Waals surface area contributed by atoms with E-state index in [2.05, 4.69) is 43.3 Å². The summed E-state index contributed by atoms with van der Waals surface area (Å²) in [5.41, 5.74) is 8.89. The SMILES string of the molecule is CCC(N)C(SCc1ccccc1)c1ccc(Cl)cc1. The van der Waals surface area contributed by atoms with Crippen LogP contribution >= 0.6 is 23.4 Å². The zero-order chi connectivity index (χ0) is 14.4. The predicted molar refractivity (Wildman–Crippen MR) is 90.2 cm³/mol. The van der Waals surface area contributed by atoms with Crippen molar-refractivity contribution in [3.05, 3.63) is 70.7 Å². The maximum atomic E-state index is 6.30. The van der Waals surface area contributed by atoms with Gasteiger partial charge >= 0.3 is 0 Å². The molecule has 2 atom stereocenters. The molecule has 0 aromatic heterocycles. The van der Waals surface area contributed by atoms with Gasteiger partial charge in [-0.3, -0.25) is 0 Å². The van der Waals surface area contributed by atoms with E-state index in [1.54, 1.807) is 0 Å². The van der Waals surface area contributed by atoms with E-state index in [1.807, 2.05) is 30.0 Å². The van der Waals surface area contributed by atoms with E-state index in [4.69, 9.17) is 17.3 Å². The van der Waals surface area contributed by atoms with E-state index in [-0.39, 0.29) is 6.04 Å². The molecule has 0 aliphatic carbocycles. The number of nitrogens with two attached hydrogens (primary N) is 1. The fraction of sp³-hybridized carbons (Fsp3) is 0.294. The Kier molecular flexibility index (Phi) is 5.96. The molecule has 0 aliphatic heterocycles. The second-order valence-electron chi connectivity index (χ2n) is 4.84. The summed E-state index contributed by atoms with van der Waals surface area (Å²) in [5.74, 6) is 0.974. The number of hydrogen-bond acceptors (Lipinski definition) is 2. The zero-order valence-electron chi connectivity index (χ0n) is 11.6. The van der Waals surface area contributed by atoms with Crippen LogP contribution in [0.25, 0.3) is 0 Å². The van der Waals surface area contributed by atoms with E-state index in [9.17, 15) is 0 Å². The van der Waals surface area contributed by atoms with E-state index in [1.165, 1.54) is 11.1 Å². The highest BCUT2D eigenvalue weighted by Gasteiger charge is 2.19. The van der Waals surface area contributed by atoms with Crippen molar-refractivity contribution in [2.75, 3.05) is 0 Å². The minimum atomic E-state index is 0.157. The summed E-state index contributed by atoms with van der Waals surface area (Å²) in [7, 11) is 0. The second kappa shape index (κ2) is 7.72. The number of hydrogen-bond donors (Lipinski definition) is 1. The molecule has 0 aliphatic rings. The minimum absolute atomic E-state index is 0.157. The smallest absolute Gasteiger partial charge is 0.0451 e. The number of benzene rings is 2. The lowest BCUT2D eigenvalue weighted by atomic mass is 10.0. The Morgan fingerprint density at radius 3 is 2.30 bits per heavy atom. The van der Waals surface area contributed by atoms with Crippen LogP contribution in [-0.4, -0.2) is 6.04 Å². The molecule has 2 rings (SSSR count). The van der Waals surface area contributed by atoms with E-state index in [0.29, 0.717) is 5.25 Å². The van der Waals surface area contributed by atoms with Crippen LogP contribution in [0.4, 0.5) is 0 Å². The van der Waals surface area contributed by atoms with Crippen LogP contribution in [0.3, 0.4) is 0 Å². The van der Waals surface area contributed by atoms with Gasteiger partial charge in [0.25, 0.3) is 0 Å². The monoisotopic (exact) mass is 305 g/mol. The Hall–Kier alpha value is -0.960. The lowest BCUT2D eigenvalue weighted by molar-refractivity contribution is 0.634. The summed E-state index contributed by atoms with van der Waals surface area (Å²) in [5, 5.41) is 1.07. The molecule has 20 heavy (non-hydrogen) atoms. The lowest BCUT2D eigenvalue weighted by Gasteiger charge is -2.23. The first kappa shape index (κ1) is 15.4. The minimum Gasteiger partial charge on any atom is -0.326 e. The molecule has 0 spiro atoms. The standard InChI is InChI=1S/C17H20ClNS/c1-2-16(19)17(14-8-10-15(18)11-9-14)20-12-13-6-4-3-5-7-13/h3-11,16-17H,2,12,19H2,1H3. The highest BCUT2D eigenvalue weighted by molar-refractivity contribution is 7.98. The summed E-state index contributed by atoms with van der Waals surface area (Å²) in [6, 6.07) is 18.7. The lowest BCUT2D eigenvalue weighted by Crippen LogP contribution is -2.25. The fourth-order valence-electron chi connectivity index (χ4n) is 2.09. The molecule has 0 fully saturated rings. The molecular weight excluding hydrogens is 286 g/mol. The Morgan fingerprint density at radius 2 is 1.70 bits per heavy atom. The van der Waals surface area contributed by atoms with Crippen molar-refractivity contribution in [1.82, 2.24) is 0 Å². The van der Waals surface area contributed by atoms with Gasteiger partial charge in [-0.05, 0) is 29.7 Å². The molecule has 0 amide bonds. The highest BCUT2D eigenvalue weighted by atomic mass is 35.5. The molecular formula is C17H20ClNS. The highest BCUT2D eigenvalue weighted by Crippen LogP contribution is 2.35. The van der Waals surface area contributed by atoms with Crippen LogP contribution in [0.2, 0.25) is 5.02 Å². The van der Waals surface area contributed by atoms with Crippen LogP contribution in [0.5, 0.6) is 0 Å². The van der Waals surface area contributed by atoms with E-state index >= 15 is 0 Å². The Morgan fingerprint density at radius 1 is 1.05 bits per heavy atom. The first-order valence-electron chi connectivity index (χ1n) is 6.87. The average Bonchev–Trinajstić information content (AvgIpc) is 2.50. The summed E-state index contributed by atoms with van der Waals surface area (Å²) in [6.45, 7) is 2.14. The van der Waals surface area contributed by atoms with Crippen molar-refractivity contribution in [3.63, 3.8) is 0 Å². The molecule has 3 heteroatoms. The van der Waals surface area contributed by atoms with Gasteiger partial charge in [0.1, 0.15) is 0 Å². The molecule has 0 bridgehead atoms. The topological polar surface area (TPSA) is 26.0 Å². The fourth-order valence-corrected chi connectivity index (χ4v) is 3.57. The first-order valence-corrected chi connectivity index (χ1v) is 8.30. The van der Waals surface area contributed by atoms with Crippen LogP contribution in [0.1, 0.15) is 29.7 Å². The molecule has 2 aromatic carbocycles. The summed E-state index contributed by atoms with van der Waals surface area (Å²) >= 11 is 7.86. The summed E-state index contributed by atoms with van der Waals surface area (Å²) in [4.78, 5) is 0. The number of rotatable bonds is 6. The van der Waals surface area contributed by atoms with Crippen LogP contribution < -0.4 is 5.73 Å². The van der Waals surface area contributed by atoms with Crippen molar-refractivity contribution >= 4 is 23.4 Å². The third kappa shape index (κ3) is 4.27. The van der Waals surface area contributed by atoms with E-state index in [0.717, 1.165) is 17.2 Å². The summed E-state index contributed by atoms with van der Waals surface area (Å²) in [6.07, 6.45) is 0.967. The van der Waals surface area contributed by atoms with Gasteiger partial charge in [0.15, 0.2) is 0 Å². The zero-order valence-corrected chi connectivity index (χ0v) is 13.2. The van der Waals surface area contributed by atoms with E-state index < -0.39 is 0 Å². The van der Waals surface area contributed by atoms with Crippen molar-refractivity contribution in [2.45, 2.75) is 30.4 Å². The Balaban J connectivity index is 2.10. The van der Waals surface area contributed by atoms with Gasteiger partial charge in [-0.15, -0.1) is 11.8 Å². The molecule has 0 saturated carbocycles. The normalized spacial score (nSPS) is 13.9. The number of halogens is 1. The van der Waals surface area contributed by atoms with Gasteiger partial charge in [-0.25, -0.2) is 0 Å². The number of thioether (sulfide) groups is 1. The Bertz CT molecular complexity index is 512. The molecule has 1 nitrogen and oxygen atoms in total. The van der Waals surface area contributed by atoms with Crippen molar-refractivity contribution in [3.8, 4) is 0 Å². The molecule has 0 heterocycles. The van der Waals surface area contributed by atoms with Gasteiger partial charge in [0, 0.05) is 22.1 Å². The van der Waals surface area contributed by atoms with Crippen LogP contribution in [0.15, 0.2) is 54.6 Å². The molecule has 2 aromatic rings. The molecule has 2 unspecified atom stereocenters. The maximum Gasteiger partial charge on any atom is 0.0451 e. The van der Waals surface area contributed by atoms with Crippen LogP contribution in [0, 0.1) is 0 Å². The third-order valence-electron chi connectivity index (χ3n) is 3.33. The van der Waals surface area contributed by atoms with Crippen molar-refractivity contribution < 1.29 is 0 Å². The quantitative estimate of drug-likeness (QED) is 0.808. The molecule has 0 saturated heterocycles.